The molecule has 47 valence electrons. The number of hydrogen-bond donors (Lipinski definition) is 1. The van der Waals surface area contributed by atoms with E-state index in [-0.39, 0.29) is 5.97 Å². The van der Waals surface area contributed by atoms with Gasteiger partial charge in [-0.15, -0.1) is 0 Å². The first-order valence-electron chi connectivity index (χ1n) is 2.38. The van der Waals surface area contributed by atoms with Gasteiger partial charge in [-0.3, -0.25) is 4.79 Å². The van der Waals surface area contributed by atoms with Gasteiger partial charge < -0.3 is 10.1 Å². The maximum Gasteiger partial charge on any atom is 0.306 e. The maximum atomic E-state index is 10.3. The molecule has 0 rings (SSSR count). The Bertz CT molecular complexity index is 72.8. The predicted octanol–water partition coefficient (Wildman–Crippen LogP) is -0.0693. The van der Waals surface area contributed by atoms with Crippen molar-refractivity contribution in [3.8, 4) is 0 Å². The van der Waals surface area contributed by atoms with Crippen molar-refractivity contribution >= 4 is 5.97 Å². The molecule has 0 unspecified atom stereocenters. The van der Waals surface area contributed by atoms with Gasteiger partial charge in [-0.25, -0.2) is 0 Å². The minimum atomic E-state index is -0.207. The number of ether oxygens (including phenoxy) is 1. The van der Waals surface area contributed by atoms with Gasteiger partial charge in [0.1, 0.15) is 0 Å². The lowest BCUT2D eigenvalue weighted by Crippen LogP contribution is -2.11. The van der Waals surface area contributed by atoms with E-state index >= 15 is 0 Å². The molecule has 3 nitrogen and oxygen atoms in total. The van der Waals surface area contributed by atoms with E-state index in [2.05, 4.69) is 17.1 Å². The van der Waals surface area contributed by atoms with E-state index in [9.17, 15) is 4.79 Å². The number of esters is 1. The van der Waals surface area contributed by atoms with Crippen LogP contribution in [0, 0.1) is 7.05 Å². The molecule has 0 aliphatic carbocycles. The summed E-state index contributed by atoms with van der Waals surface area (Å²) in [5.74, 6) is -0.207. The van der Waals surface area contributed by atoms with Crippen molar-refractivity contribution in [2.24, 2.45) is 0 Å². The SMILES string of the molecule is [CH2]NCCC(=O)OC. The molecule has 0 amide bonds. The second-order valence-corrected chi connectivity index (χ2v) is 1.33. The summed E-state index contributed by atoms with van der Waals surface area (Å²) in [5.41, 5.74) is 0. The zero-order valence-corrected chi connectivity index (χ0v) is 4.94. The van der Waals surface area contributed by atoms with Crippen LogP contribution in [0.1, 0.15) is 6.42 Å². The Morgan fingerprint density at radius 3 is 2.88 bits per heavy atom. The van der Waals surface area contributed by atoms with Crippen LogP contribution < -0.4 is 5.32 Å². The highest BCUT2D eigenvalue weighted by molar-refractivity contribution is 5.69. The van der Waals surface area contributed by atoms with E-state index in [0.29, 0.717) is 13.0 Å². The molecule has 0 atom stereocenters. The Morgan fingerprint density at radius 2 is 2.50 bits per heavy atom. The van der Waals surface area contributed by atoms with Crippen molar-refractivity contribution in [1.82, 2.24) is 5.32 Å². The highest BCUT2D eigenvalue weighted by atomic mass is 16.5. The number of methoxy groups -OCH3 is 1. The third-order valence-corrected chi connectivity index (χ3v) is 0.734. The summed E-state index contributed by atoms with van der Waals surface area (Å²) in [7, 11) is 4.70. The van der Waals surface area contributed by atoms with E-state index in [1.807, 2.05) is 0 Å². The summed E-state index contributed by atoms with van der Waals surface area (Å²) >= 11 is 0. The summed E-state index contributed by atoms with van der Waals surface area (Å²) in [6, 6.07) is 0. The number of carbonyl (C=O) groups excluding carboxylic acids is 1. The number of rotatable bonds is 3. The molecule has 0 saturated heterocycles. The number of nitrogens with one attached hydrogen (secondary N) is 1. The third kappa shape index (κ3) is 3.61. The Kier molecular flexibility index (Phi) is 4.26. The number of hydrogen-bond acceptors (Lipinski definition) is 3. The zero-order chi connectivity index (χ0) is 6.41. The fourth-order valence-electron chi connectivity index (χ4n) is 0.293. The van der Waals surface area contributed by atoms with Crippen molar-refractivity contribution in [3.05, 3.63) is 7.05 Å². The van der Waals surface area contributed by atoms with E-state index in [4.69, 9.17) is 0 Å². The summed E-state index contributed by atoms with van der Waals surface area (Å²) < 4.78 is 4.35. The van der Waals surface area contributed by atoms with Crippen molar-refractivity contribution in [1.29, 1.82) is 0 Å². The molecule has 0 bridgehead atoms. The van der Waals surface area contributed by atoms with Crippen molar-refractivity contribution in [2.75, 3.05) is 13.7 Å². The van der Waals surface area contributed by atoms with Gasteiger partial charge in [0.15, 0.2) is 0 Å². The van der Waals surface area contributed by atoms with Gasteiger partial charge in [-0.2, -0.15) is 0 Å². The highest BCUT2D eigenvalue weighted by Crippen LogP contribution is 1.78. The number of carbonyl (C=O) groups is 1. The summed E-state index contributed by atoms with van der Waals surface area (Å²) in [5, 5.41) is 2.58. The van der Waals surface area contributed by atoms with E-state index in [1.54, 1.807) is 0 Å². The molecule has 0 aromatic carbocycles. The Hall–Kier alpha value is -0.570. The molecule has 8 heavy (non-hydrogen) atoms. The van der Waals surface area contributed by atoms with Crippen LogP contribution in [0.15, 0.2) is 0 Å². The zero-order valence-electron chi connectivity index (χ0n) is 4.94. The smallest absolute Gasteiger partial charge is 0.306 e. The van der Waals surface area contributed by atoms with E-state index in [1.165, 1.54) is 7.11 Å². The summed E-state index contributed by atoms with van der Waals surface area (Å²) in [4.78, 5) is 10.3. The molecule has 1 N–H and O–H groups in total. The highest BCUT2D eigenvalue weighted by Gasteiger charge is 1.94. The molecule has 0 saturated carbocycles. The fourth-order valence-corrected chi connectivity index (χ4v) is 0.293. The van der Waals surface area contributed by atoms with Gasteiger partial charge in [-0.05, 0) is 0 Å². The molecule has 0 aliphatic rings. The topological polar surface area (TPSA) is 38.3 Å². The second-order valence-electron chi connectivity index (χ2n) is 1.33. The molecule has 0 aromatic rings. The lowest BCUT2D eigenvalue weighted by molar-refractivity contribution is -0.140. The van der Waals surface area contributed by atoms with Crippen molar-refractivity contribution in [2.45, 2.75) is 6.42 Å². The minimum absolute atomic E-state index is 0.207. The molecule has 1 radical (unpaired) electrons. The van der Waals surface area contributed by atoms with Crippen LogP contribution in [0.25, 0.3) is 0 Å². The first-order chi connectivity index (χ1) is 3.81. The molecule has 0 aromatic heterocycles. The van der Waals surface area contributed by atoms with Gasteiger partial charge in [0.05, 0.1) is 13.5 Å². The van der Waals surface area contributed by atoms with Crippen LogP contribution in [0.2, 0.25) is 0 Å². The largest absolute Gasteiger partial charge is 0.469 e. The average molecular weight is 116 g/mol. The lowest BCUT2D eigenvalue weighted by atomic mass is 10.4. The van der Waals surface area contributed by atoms with Crippen LogP contribution >= 0.6 is 0 Å². The maximum absolute atomic E-state index is 10.3. The quantitative estimate of drug-likeness (QED) is 0.524. The van der Waals surface area contributed by atoms with Gasteiger partial charge >= 0.3 is 5.97 Å². The standard InChI is InChI=1S/C5H10NO2/c1-6-4-3-5(7)8-2/h6H,1,3-4H2,2H3. The van der Waals surface area contributed by atoms with Crippen LogP contribution in [0.5, 0.6) is 0 Å². The minimum Gasteiger partial charge on any atom is -0.469 e. The molecule has 0 heterocycles. The Balaban J connectivity index is 2.99. The molecular formula is C5H10NO2. The summed E-state index contributed by atoms with van der Waals surface area (Å²) in [6.45, 7) is 0.576. The Labute approximate surface area is 49.0 Å². The average Bonchev–Trinajstić information content (AvgIpc) is 1.83. The van der Waals surface area contributed by atoms with Crippen LogP contribution in [0.3, 0.4) is 0 Å². The van der Waals surface area contributed by atoms with Gasteiger partial charge in [-0.1, -0.05) is 0 Å². The van der Waals surface area contributed by atoms with Crippen LogP contribution in [-0.2, 0) is 9.53 Å². The van der Waals surface area contributed by atoms with E-state index < -0.39 is 0 Å². The van der Waals surface area contributed by atoms with Gasteiger partial charge in [0, 0.05) is 13.6 Å². The van der Waals surface area contributed by atoms with Crippen LogP contribution in [0.4, 0.5) is 0 Å². The van der Waals surface area contributed by atoms with Gasteiger partial charge in [0.2, 0.25) is 0 Å². The van der Waals surface area contributed by atoms with Gasteiger partial charge in [0.25, 0.3) is 0 Å². The first-order valence-corrected chi connectivity index (χ1v) is 2.38. The molecular weight excluding hydrogens is 106 g/mol. The normalized spacial score (nSPS) is 8.75. The molecule has 3 heteroatoms. The predicted molar refractivity (Wildman–Crippen MR) is 30.0 cm³/mol. The first kappa shape index (κ1) is 7.43. The monoisotopic (exact) mass is 116 g/mol. The molecule has 0 aliphatic heterocycles. The molecule has 0 fully saturated rings. The summed E-state index contributed by atoms with van der Waals surface area (Å²) in [6.07, 6.45) is 0.389. The third-order valence-electron chi connectivity index (χ3n) is 0.734. The molecule has 0 spiro atoms. The van der Waals surface area contributed by atoms with Crippen LogP contribution in [-0.4, -0.2) is 19.6 Å². The Morgan fingerprint density at radius 1 is 1.88 bits per heavy atom. The lowest BCUT2D eigenvalue weighted by Gasteiger charge is -1.95. The second kappa shape index (κ2) is 4.59. The van der Waals surface area contributed by atoms with Crippen molar-refractivity contribution < 1.29 is 9.53 Å². The fraction of sp³-hybridized carbons (Fsp3) is 0.600. The van der Waals surface area contributed by atoms with Crippen molar-refractivity contribution in [3.63, 3.8) is 0 Å². The van der Waals surface area contributed by atoms with E-state index in [0.717, 1.165) is 0 Å².